The molecule has 2 aromatic rings. The summed E-state index contributed by atoms with van der Waals surface area (Å²) in [5, 5.41) is 0.537. The van der Waals surface area contributed by atoms with E-state index in [1.807, 2.05) is 11.0 Å². The van der Waals surface area contributed by atoms with Crippen LogP contribution >= 0.6 is 11.6 Å². The molecule has 24 heavy (non-hydrogen) atoms. The van der Waals surface area contributed by atoms with Gasteiger partial charge in [0.2, 0.25) is 11.9 Å². The van der Waals surface area contributed by atoms with Crippen LogP contribution in [0.15, 0.2) is 36.7 Å². The van der Waals surface area contributed by atoms with Crippen molar-refractivity contribution < 1.29 is 4.79 Å². The number of carbonyl (C=O) groups is 1. The van der Waals surface area contributed by atoms with Crippen molar-refractivity contribution in [2.45, 2.75) is 25.2 Å². The second kappa shape index (κ2) is 6.40. The molecule has 0 spiro atoms. The highest BCUT2D eigenvalue weighted by Crippen LogP contribution is 2.41. The normalized spacial score (nSPS) is 19.9. The monoisotopic (exact) mass is 342 g/mol. The van der Waals surface area contributed by atoms with Gasteiger partial charge in [-0.2, -0.15) is 0 Å². The first-order valence-corrected chi connectivity index (χ1v) is 8.72. The summed E-state index contributed by atoms with van der Waals surface area (Å²) in [6.45, 7) is 2.56. The van der Waals surface area contributed by atoms with Crippen molar-refractivity contribution in [2.24, 2.45) is 0 Å². The van der Waals surface area contributed by atoms with E-state index in [1.165, 1.54) is 5.56 Å². The van der Waals surface area contributed by atoms with E-state index in [-0.39, 0.29) is 0 Å². The van der Waals surface area contributed by atoms with Crippen LogP contribution in [-0.4, -0.2) is 40.4 Å². The summed E-state index contributed by atoms with van der Waals surface area (Å²) in [5.41, 5.74) is 2.46. The average molecular weight is 343 g/mol. The number of carbonyl (C=O) groups excluding carboxylic acids is 1. The number of benzene rings is 1. The number of hydrogen-bond acceptors (Lipinski definition) is 4. The van der Waals surface area contributed by atoms with E-state index >= 15 is 0 Å². The Labute approximate surface area is 146 Å². The molecule has 124 valence electrons. The average Bonchev–Trinajstić information content (AvgIpc) is 3.17. The number of nitrogens with zero attached hydrogens (tertiary/aromatic N) is 4. The maximum Gasteiger partial charge on any atom is 0.229 e. The number of likely N-dealkylation sites (tertiary alicyclic amines) is 1. The molecule has 0 unspecified atom stereocenters. The van der Waals surface area contributed by atoms with Crippen LogP contribution < -0.4 is 4.90 Å². The van der Waals surface area contributed by atoms with Gasteiger partial charge in [0, 0.05) is 37.7 Å². The third-order valence-corrected chi connectivity index (χ3v) is 5.03. The van der Waals surface area contributed by atoms with Crippen molar-refractivity contribution in [3.63, 3.8) is 0 Å². The molecule has 1 amide bonds. The van der Waals surface area contributed by atoms with Gasteiger partial charge in [-0.05, 0) is 24.5 Å². The zero-order chi connectivity index (χ0) is 16.5. The minimum atomic E-state index is 0.291. The highest BCUT2D eigenvalue weighted by Gasteiger charge is 2.31. The van der Waals surface area contributed by atoms with E-state index in [4.69, 9.17) is 11.6 Å². The maximum absolute atomic E-state index is 11.8. The van der Waals surface area contributed by atoms with Crippen molar-refractivity contribution in [3.8, 4) is 0 Å². The van der Waals surface area contributed by atoms with E-state index in [0.29, 0.717) is 29.2 Å². The molecule has 0 bridgehead atoms. The minimum absolute atomic E-state index is 0.291. The molecule has 2 aliphatic rings. The number of rotatable bonds is 4. The van der Waals surface area contributed by atoms with Crippen LogP contribution in [0.25, 0.3) is 0 Å². The molecular formula is C18H19ClN4O. The third-order valence-electron chi connectivity index (χ3n) is 4.84. The van der Waals surface area contributed by atoms with Gasteiger partial charge in [0.25, 0.3) is 0 Å². The van der Waals surface area contributed by atoms with Crippen LogP contribution in [-0.2, 0) is 4.79 Å². The van der Waals surface area contributed by atoms with Crippen LogP contribution in [0.3, 0.4) is 0 Å². The van der Waals surface area contributed by atoms with Crippen molar-refractivity contribution in [3.05, 3.63) is 47.2 Å². The number of amides is 1. The summed E-state index contributed by atoms with van der Waals surface area (Å²) in [7, 11) is 0. The summed E-state index contributed by atoms with van der Waals surface area (Å²) >= 11 is 5.90. The largest absolute Gasteiger partial charge is 0.343 e. The molecular weight excluding hydrogens is 324 g/mol. The Bertz CT molecular complexity index is 749. The van der Waals surface area contributed by atoms with Gasteiger partial charge in [-0.1, -0.05) is 29.8 Å². The van der Waals surface area contributed by atoms with E-state index < -0.39 is 0 Å². The van der Waals surface area contributed by atoms with Gasteiger partial charge in [0.1, 0.15) is 0 Å². The number of fused-ring (bicyclic) bond motifs is 1. The molecule has 0 aliphatic carbocycles. The summed E-state index contributed by atoms with van der Waals surface area (Å²) in [6.07, 6.45) is 5.91. The Balaban J connectivity index is 1.54. The van der Waals surface area contributed by atoms with Crippen LogP contribution in [0, 0.1) is 0 Å². The first kappa shape index (κ1) is 15.4. The van der Waals surface area contributed by atoms with Gasteiger partial charge in [-0.25, -0.2) is 9.97 Å². The van der Waals surface area contributed by atoms with Crippen molar-refractivity contribution in [1.29, 1.82) is 0 Å². The molecule has 1 saturated heterocycles. The smallest absolute Gasteiger partial charge is 0.229 e. The fourth-order valence-electron chi connectivity index (χ4n) is 3.63. The SMILES string of the molecule is O=C1CCCN1CC[C@H]1CN(c2ncc(Cl)cn2)c2ccccc21. The second-order valence-corrected chi connectivity index (χ2v) is 6.78. The number of para-hydroxylation sites is 1. The zero-order valence-electron chi connectivity index (χ0n) is 13.4. The van der Waals surface area contributed by atoms with Crippen molar-refractivity contribution in [1.82, 2.24) is 14.9 Å². The van der Waals surface area contributed by atoms with Gasteiger partial charge in [-0.15, -0.1) is 0 Å². The third kappa shape index (κ3) is 2.84. The Hall–Kier alpha value is -2.14. The van der Waals surface area contributed by atoms with Gasteiger partial charge in [0.15, 0.2) is 0 Å². The van der Waals surface area contributed by atoms with Crippen LogP contribution in [0.1, 0.15) is 30.7 Å². The zero-order valence-corrected chi connectivity index (χ0v) is 14.1. The Kier molecular flexibility index (Phi) is 4.10. The fourth-order valence-corrected chi connectivity index (χ4v) is 3.73. The first-order chi connectivity index (χ1) is 11.7. The summed E-state index contributed by atoms with van der Waals surface area (Å²) in [6, 6.07) is 8.38. The quantitative estimate of drug-likeness (QED) is 0.854. The van der Waals surface area contributed by atoms with Gasteiger partial charge >= 0.3 is 0 Å². The summed E-state index contributed by atoms with van der Waals surface area (Å²) < 4.78 is 0. The molecule has 6 heteroatoms. The van der Waals surface area contributed by atoms with Gasteiger partial charge in [0.05, 0.1) is 17.4 Å². The van der Waals surface area contributed by atoms with Crippen molar-refractivity contribution >= 4 is 29.1 Å². The lowest BCUT2D eigenvalue weighted by Gasteiger charge is -2.19. The maximum atomic E-state index is 11.8. The first-order valence-electron chi connectivity index (χ1n) is 8.34. The minimum Gasteiger partial charge on any atom is -0.343 e. The van der Waals surface area contributed by atoms with Crippen LogP contribution in [0.4, 0.5) is 11.6 Å². The summed E-state index contributed by atoms with van der Waals surface area (Å²) in [5.74, 6) is 1.35. The molecule has 0 N–H and O–H groups in total. The fraction of sp³-hybridized carbons (Fsp3) is 0.389. The predicted molar refractivity (Wildman–Crippen MR) is 93.7 cm³/mol. The Morgan fingerprint density at radius 3 is 2.75 bits per heavy atom. The van der Waals surface area contributed by atoms with E-state index in [2.05, 4.69) is 33.1 Å². The van der Waals surface area contributed by atoms with Gasteiger partial charge < -0.3 is 9.80 Å². The highest BCUT2D eigenvalue weighted by molar-refractivity contribution is 6.30. The lowest BCUT2D eigenvalue weighted by molar-refractivity contribution is -0.127. The topological polar surface area (TPSA) is 49.3 Å². The molecule has 4 rings (SSSR count). The van der Waals surface area contributed by atoms with E-state index in [0.717, 1.165) is 38.2 Å². The summed E-state index contributed by atoms with van der Waals surface area (Å²) in [4.78, 5) is 24.7. The molecule has 3 heterocycles. The Morgan fingerprint density at radius 1 is 1.21 bits per heavy atom. The lowest BCUT2D eigenvalue weighted by Crippen LogP contribution is -2.27. The Morgan fingerprint density at radius 2 is 2.00 bits per heavy atom. The molecule has 1 fully saturated rings. The number of aromatic nitrogens is 2. The molecule has 2 aliphatic heterocycles. The highest BCUT2D eigenvalue weighted by atomic mass is 35.5. The van der Waals surface area contributed by atoms with Crippen LogP contribution in [0.2, 0.25) is 5.02 Å². The van der Waals surface area contributed by atoms with Gasteiger partial charge in [-0.3, -0.25) is 4.79 Å². The molecule has 1 aromatic carbocycles. The molecule has 1 aromatic heterocycles. The van der Waals surface area contributed by atoms with Crippen LogP contribution in [0.5, 0.6) is 0 Å². The lowest BCUT2D eigenvalue weighted by atomic mass is 9.98. The number of halogens is 1. The van der Waals surface area contributed by atoms with E-state index in [1.54, 1.807) is 12.4 Å². The molecule has 5 nitrogen and oxygen atoms in total. The molecule has 0 radical (unpaired) electrons. The van der Waals surface area contributed by atoms with E-state index in [9.17, 15) is 4.79 Å². The van der Waals surface area contributed by atoms with Crippen molar-refractivity contribution in [2.75, 3.05) is 24.5 Å². The molecule has 0 saturated carbocycles. The second-order valence-electron chi connectivity index (χ2n) is 6.34. The number of hydrogen-bond donors (Lipinski definition) is 0. The standard InChI is InChI=1S/C18H19ClN4O/c19-14-10-20-18(21-11-14)23-12-13(15-4-1-2-5-16(15)23)7-9-22-8-3-6-17(22)24/h1-2,4-5,10-11,13H,3,6-9,12H2/t13-/m0/s1. The number of anilines is 2. The predicted octanol–water partition coefficient (Wildman–Crippen LogP) is 3.38. The molecule has 1 atom stereocenters.